The van der Waals surface area contributed by atoms with E-state index < -0.39 is 0 Å². The van der Waals surface area contributed by atoms with Gasteiger partial charge in [0.25, 0.3) is 0 Å². The first-order valence-corrected chi connectivity index (χ1v) is 7.62. The van der Waals surface area contributed by atoms with Crippen LogP contribution >= 0.6 is 12.2 Å². The summed E-state index contributed by atoms with van der Waals surface area (Å²) in [4.78, 5) is 3.09. The molecule has 0 aliphatic carbocycles. The molecule has 0 bridgehead atoms. The number of hydrogen-bond donors (Lipinski definition) is 1. The Morgan fingerprint density at radius 2 is 2.16 bits per heavy atom. The standard InChI is InChI=1S/C16H24N2S/c1-12-10-14(16(17)19)7-8-15(12)11-18-9-5-3-4-6-13(18)2/h7-8,10,13H,3-6,9,11H2,1-2H3,(H2,17,19). The molecule has 1 heterocycles. The molecule has 1 aromatic carbocycles. The van der Waals surface area contributed by atoms with Crippen molar-refractivity contribution in [2.24, 2.45) is 5.73 Å². The largest absolute Gasteiger partial charge is 0.389 e. The molecule has 1 unspecified atom stereocenters. The molecular formula is C16H24N2S. The highest BCUT2D eigenvalue weighted by Gasteiger charge is 2.17. The molecule has 2 rings (SSSR count). The fraction of sp³-hybridized carbons (Fsp3) is 0.562. The van der Waals surface area contributed by atoms with Crippen LogP contribution in [-0.2, 0) is 6.54 Å². The van der Waals surface area contributed by atoms with E-state index >= 15 is 0 Å². The van der Waals surface area contributed by atoms with Gasteiger partial charge in [-0.05, 0) is 50.4 Å². The first kappa shape index (κ1) is 14.5. The first-order valence-electron chi connectivity index (χ1n) is 7.21. The Balaban J connectivity index is 2.11. The van der Waals surface area contributed by atoms with Crippen molar-refractivity contribution in [3.63, 3.8) is 0 Å². The molecule has 0 amide bonds. The summed E-state index contributed by atoms with van der Waals surface area (Å²) in [5.74, 6) is 0. The highest BCUT2D eigenvalue weighted by Crippen LogP contribution is 2.21. The van der Waals surface area contributed by atoms with Crippen LogP contribution in [-0.4, -0.2) is 22.5 Å². The number of likely N-dealkylation sites (tertiary alicyclic amines) is 1. The van der Waals surface area contributed by atoms with E-state index in [0.717, 1.165) is 12.1 Å². The maximum Gasteiger partial charge on any atom is 0.103 e. The summed E-state index contributed by atoms with van der Waals surface area (Å²) >= 11 is 5.03. The van der Waals surface area contributed by atoms with Crippen LogP contribution in [0.15, 0.2) is 18.2 Å². The highest BCUT2D eigenvalue weighted by molar-refractivity contribution is 7.80. The van der Waals surface area contributed by atoms with Crippen molar-refractivity contribution in [2.45, 2.75) is 52.1 Å². The fourth-order valence-corrected chi connectivity index (χ4v) is 2.94. The van der Waals surface area contributed by atoms with Crippen LogP contribution in [0.1, 0.15) is 49.3 Å². The lowest BCUT2D eigenvalue weighted by molar-refractivity contribution is 0.204. The Morgan fingerprint density at radius 3 is 2.84 bits per heavy atom. The third-order valence-corrected chi connectivity index (χ3v) is 4.43. The zero-order valence-corrected chi connectivity index (χ0v) is 12.8. The molecule has 19 heavy (non-hydrogen) atoms. The number of benzene rings is 1. The molecule has 1 fully saturated rings. The number of aryl methyl sites for hydroxylation is 1. The van der Waals surface area contributed by atoms with E-state index in [9.17, 15) is 0 Å². The molecule has 2 nitrogen and oxygen atoms in total. The zero-order valence-electron chi connectivity index (χ0n) is 12.0. The highest BCUT2D eigenvalue weighted by atomic mass is 32.1. The molecule has 0 radical (unpaired) electrons. The third kappa shape index (κ3) is 3.77. The first-order chi connectivity index (χ1) is 9.08. The molecule has 0 saturated carbocycles. The molecule has 1 atom stereocenters. The van der Waals surface area contributed by atoms with Gasteiger partial charge in [-0.1, -0.05) is 37.2 Å². The molecule has 1 aliphatic rings. The normalized spacial score (nSPS) is 21.1. The van der Waals surface area contributed by atoms with Crippen molar-refractivity contribution >= 4 is 17.2 Å². The van der Waals surface area contributed by atoms with Gasteiger partial charge in [0.05, 0.1) is 0 Å². The molecule has 1 saturated heterocycles. The van der Waals surface area contributed by atoms with Crippen LogP contribution in [0.5, 0.6) is 0 Å². The Kier molecular flexibility index (Phi) is 4.94. The smallest absolute Gasteiger partial charge is 0.103 e. The Bertz CT molecular complexity index is 456. The molecule has 2 N–H and O–H groups in total. The topological polar surface area (TPSA) is 29.3 Å². The van der Waals surface area contributed by atoms with Gasteiger partial charge in [-0.2, -0.15) is 0 Å². The minimum atomic E-state index is 0.484. The van der Waals surface area contributed by atoms with Crippen molar-refractivity contribution in [1.82, 2.24) is 4.90 Å². The molecule has 1 aliphatic heterocycles. The van der Waals surface area contributed by atoms with Crippen molar-refractivity contribution in [3.05, 3.63) is 34.9 Å². The van der Waals surface area contributed by atoms with E-state index in [1.54, 1.807) is 0 Å². The average Bonchev–Trinajstić information content (AvgIpc) is 2.57. The van der Waals surface area contributed by atoms with Crippen molar-refractivity contribution in [3.8, 4) is 0 Å². The SMILES string of the molecule is Cc1cc(C(N)=S)ccc1CN1CCCCCC1C. The van der Waals surface area contributed by atoms with E-state index in [0.29, 0.717) is 11.0 Å². The van der Waals surface area contributed by atoms with Crippen LogP contribution in [0.25, 0.3) is 0 Å². The second-order valence-electron chi connectivity index (χ2n) is 5.67. The second kappa shape index (κ2) is 6.49. The monoisotopic (exact) mass is 276 g/mol. The Labute approximate surface area is 122 Å². The number of thiocarbonyl (C=S) groups is 1. The van der Waals surface area contributed by atoms with Gasteiger partial charge in [-0.3, -0.25) is 4.90 Å². The Hall–Kier alpha value is -0.930. The van der Waals surface area contributed by atoms with Crippen molar-refractivity contribution in [2.75, 3.05) is 6.54 Å². The number of rotatable bonds is 3. The summed E-state index contributed by atoms with van der Waals surface area (Å²) in [6.07, 6.45) is 5.40. The summed E-state index contributed by atoms with van der Waals surface area (Å²) < 4.78 is 0. The number of nitrogens with two attached hydrogens (primary N) is 1. The number of hydrogen-bond acceptors (Lipinski definition) is 2. The van der Waals surface area contributed by atoms with Gasteiger partial charge in [0.1, 0.15) is 4.99 Å². The maximum atomic E-state index is 5.68. The molecular weight excluding hydrogens is 252 g/mol. The minimum Gasteiger partial charge on any atom is -0.389 e. The van der Waals surface area contributed by atoms with Gasteiger partial charge >= 0.3 is 0 Å². The summed E-state index contributed by atoms with van der Waals surface area (Å²) in [5, 5.41) is 0. The van der Waals surface area contributed by atoms with E-state index in [1.165, 1.54) is 43.4 Å². The van der Waals surface area contributed by atoms with Gasteiger partial charge in [-0.15, -0.1) is 0 Å². The molecule has 0 aromatic heterocycles. The third-order valence-electron chi connectivity index (χ3n) is 4.19. The summed E-state index contributed by atoms with van der Waals surface area (Å²) in [6.45, 7) is 6.77. The summed E-state index contributed by atoms with van der Waals surface area (Å²) in [7, 11) is 0. The van der Waals surface area contributed by atoms with Gasteiger partial charge < -0.3 is 5.73 Å². The van der Waals surface area contributed by atoms with Gasteiger partial charge in [0, 0.05) is 18.2 Å². The van der Waals surface area contributed by atoms with Crippen LogP contribution in [0.2, 0.25) is 0 Å². The van der Waals surface area contributed by atoms with E-state index in [4.69, 9.17) is 18.0 Å². The maximum absolute atomic E-state index is 5.68. The quantitative estimate of drug-likeness (QED) is 0.858. The van der Waals surface area contributed by atoms with Crippen LogP contribution in [0.4, 0.5) is 0 Å². The molecule has 1 aromatic rings. The predicted molar refractivity (Wildman–Crippen MR) is 85.4 cm³/mol. The van der Waals surface area contributed by atoms with Gasteiger partial charge in [-0.25, -0.2) is 0 Å². The lowest BCUT2D eigenvalue weighted by Crippen LogP contribution is -2.32. The summed E-state index contributed by atoms with van der Waals surface area (Å²) in [5.41, 5.74) is 9.34. The lowest BCUT2D eigenvalue weighted by atomic mass is 10.0. The van der Waals surface area contributed by atoms with Crippen LogP contribution in [0.3, 0.4) is 0 Å². The van der Waals surface area contributed by atoms with E-state index in [1.807, 2.05) is 6.07 Å². The molecule has 104 valence electrons. The van der Waals surface area contributed by atoms with Crippen LogP contribution < -0.4 is 5.73 Å². The number of nitrogens with zero attached hydrogens (tertiary/aromatic N) is 1. The Morgan fingerprint density at radius 1 is 1.37 bits per heavy atom. The van der Waals surface area contributed by atoms with Crippen molar-refractivity contribution < 1.29 is 0 Å². The van der Waals surface area contributed by atoms with E-state index in [-0.39, 0.29) is 0 Å². The average molecular weight is 276 g/mol. The molecule has 3 heteroatoms. The molecule has 0 spiro atoms. The summed E-state index contributed by atoms with van der Waals surface area (Å²) in [6, 6.07) is 7.03. The predicted octanol–water partition coefficient (Wildman–Crippen LogP) is 3.39. The minimum absolute atomic E-state index is 0.484. The lowest BCUT2D eigenvalue weighted by Gasteiger charge is -2.27. The zero-order chi connectivity index (χ0) is 13.8. The van der Waals surface area contributed by atoms with E-state index in [2.05, 4.69) is 30.9 Å². The van der Waals surface area contributed by atoms with Gasteiger partial charge in [0.2, 0.25) is 0 Å². The second-order valence-corrected chi connectivity index (χ2v) is 6.11. The van der Waals surface area contributed by atoms with Crippen LogP contribution in [0, 0.1) is 6.92 Å². The van der Waals surface area contributed by atoms with Gasteiger partial charge in [0.15, 0.2) is 0 Å². The van der Waals surface area contributed by atoms with Crippen molar-refractivity contribution in [1.29, 1.82) is 0 Å². The fourth-order valence-electron chi connectivity index (χ4n) is 2.81.